The van der Waals surface area contributed by atoms with Gasteiger partial charge in [0.05, 0.1) is 24.5 Å². The average molecular weight is 506 g/mol. The molecule has 9 heteroatoms. The predicted molar refractivity (Wildman–Crippen MR) is 131 cm³/mol. The van der Waals surface area contributed by atoms with E-state index >= 15 is 0 Å². The van der Waals surface area contributed by atoms with E-state index in [2.05, 4.69) is 0 Å². The molecule has 4 rings (SSSR count). The quantitative estimate of drug-likeness (QED) is 0.177. The van der Waals surface area contributed by atoms with E-state index in [0.717, 1.165) is 4.90 Å². The standard InChI is InChI=1S/C28H27NO8/c1-16-6-4-9-22-24(16)26(32)29(25(22)31)17(2)27(33)36-15-23(30)18-10-12-20(13-11-18)37-28(34)19-7-5-8-21(14-19)35-3/h4-8,10-14,16-17,22,24H,9,15H2,1-3H3. The molecule has 2 aromatic rings. The number of ether oxygens (including phenoxy) is 3. The van der Waals surface area contributed by atoms with Crippen molar-refractivity contribution in [1.29, 1.82) is 0 Å². The first-order valence-electron chi connectivity index (χ1n) is 11.9. The van der Waals surface area contributed by atoms with Crippen molar-refractivity contribution in [3.05, 3.63) is 71.8 Å². The predicted octanol–water partition coefficient (Wildman–Crippen LogP) is 3.23. The molecule has 0 N–H and O–H groups in total. The molecule has 2 amide bonds. The highest BCUT2D eigenvalue weighted by Gasteiger charge is 2.52. The third-order valence-electron chi connectivity index (χ3n) is 6.67. The van der Waals surface area contributed by atoms with Crippen LogP contribution in [0.3, 0.4) is 0 Å². The van der Waals surface area contributed by atoms with Gasteiger partial charge in [-0.1, -0.05) is 25.1 Å². The summed E-state index contributed by atoms with van der Waals surface area (Å²) in [4.78, 5) is 64.1. The van der Waals surface area contributed by atoms with Crippen LogP contribution < -0.4 is 9.47 Å². The van der Waals surface area contributed by atoms with Crippen molar-refractivity contribution in [2.24, 2.45) is 17.8 Å². The number of carbonyl (C=O) groups is 5. The van der Waals surface area contributed by atoms with Crippen molar-refractivity contribution in [3.63, 3.8) is 0 Å². The van der Waals surface area contributed by atoms with Crippen LogP contribution in [-0.2, 0) is 19.1 Å². The first-order valence-corrected chi connectivity index (χ1v) is 11.9. The van der Waals surface area contributed by atoms with Crippen LogP contribution in [0.1, 0.15) is 41.0 Å². The lowest BCUT2D eigenvalue weighted by Gasteiger charge is -2.23. The number of nitrogens with zero attached hydrogens (tertiary/aromatic N) is 1. The number of allylic oxidation sites excluding steroid dienone is 2. The highest BCUT2D eigenvalue weighted by molar-refractivity contribution is 6.08. The molecular weight excluding hydrogens is 478 g/mol. The molecule has 1 heterocycles. The van der Waals surface area contributed by atoms with Gasteiger partial charge in [-0.25, -0.2) is 9.59 Å². The third kappa shape index (κ3) is 5.30. The Kier molecular flexibility index (Phi) is 7.52. The summed E-state index contributed by atoms with van der Waals surface area (Å²) in [7, 11) is 1.49. The molecule has 2 aliphatic rings. The first kappa shape index (κ1) is 25.8. The average Bonchev–Trinajstić information content (AvgIpc) is 3.17. The van der Waals surface area contributed by atoms with Gasteiger partial charge in [-0.3, -0.25) is 19.3 Å². The van der Waals surface area contributed by atoms with E-state index in [1.165, 1.54) is 38.3 Å². The topological polar surface area (TPSA) is 116 Å². The summed E-state index contributed by atoms with van der Waals surface area (Å²) in [5.74, 6) is -2.99. The number of methoxy groups -OCH3 is 1. The second-order valence-corrected chi connectivity index (χ2v) is 9.05. The number of hydrogen-bond acceptors (Lipinski definition) is 8. The van der Waals surface area contributed by atoms with Gasteiger partial charge in [-0.15, -0.1) is 0 Å². The van der Waals surface area contributed by atoms with E-state index in [-0.39, 0.29) is 29.0 Å². The summed E-state index contributed by atoms with van der Waals surface area (Å²) in [6, 6.07) is 11.2. The lowest BCUT2D eigenvalue weighted by molar-refractivity contribution is -0.157. The van der Waals surface area contributed by atoms with Crippen LogP contribution in [0.15, 0.2) is 60.7 Å². The van der Waals surface area contributed by atoms with Crippen molar-refractivity contribution in [2.75, 3.05) is 13.7 Å². The number of fused-ring (bicyclic) bond motifs is 1. The Balaban J connectivity index is 1.32. The lowest BCUT2D eigenvalue weighted by atomic mass is 9.78. The van der Waals surface area contributed by atoms with E-state index in [1.807, 2.05) is 19.1 Å². The highest BCUT2D eigenvalue weighted by Crippen LogP contribution is 2.39. The van der Waals surface area contributed by atoms with Crippen molar-refractivity contribution in [2.45, 2.75) is 26.3 Å². The number of carbonyl (C=O) groups excluding carboxylic acids is 5. The van der Waals surface area contributed by atoms with Crippen LogP contribution in [0, 0.1) is 17.8 Å². The SMILES string of the molecule is COc1cccc(C(=O)Oc2ccc(C(=O)COC(=O)C(C)N3C(=O)C4CC=CC(C)C4C3=O)cc2)c1. The second-order valence-electron chi connectivity index (χ2n) is 9.05. The Morgan fingerprint density at radius 1 is 1.00 bits per heavy atom. The molecular formula is C28H27NO8. The number of esters is 2. The van der Waals surface area contributed by atoms with Crippen molar-refractivity contribution in [3.8, 4) is 11.5 Å². The van der Waals surface area contributed by atoms with E-state index in [4.69, 9.17) is 14.2 Å². The number of ketones is 1. The maximum atomic E-state index is 12.9. The van der Waals surface area contributed by atoms with Crippen LogP contribution >= 0.6 is 0 Å². The normalized spacial score (nSPS) is 21.3. The fourth-order valence-electron chi connectivity index (χ4n) is 4.62. The number of rotatable bonds is 8. The van der Waals surface area contributed by atoms with Crippen molar-refractivity contribution < 1.29 is 38.2 Å². The summed E-state index contributed by atoms with van der Waals surface area (Å²) in [5, 5.41) is 0. The number of Topliss-reactive ketones (excluding diaryl/α,β-unsaturated/α-hetero) is 1. The molecule has 37 heavy (non-hydrogen) atoms. The van der Waals surface area contributed by atoms with Crippen molar-refractivity contribution >= 4 is 29.5 Å². The van der Waals surface area contributed by atoms with E-state index in [1.54, 1.807) is 24.3 Å². The molecule has 2 aromatic carbocycles. The number of amides is 2. The Bertz CT molecular complexity index is 1270. The molecule has 1 fully saturated rings. The molecule has 0 radical (unpaired) electrons. The van der Waals surface area contributed by atoms with Gasteiger partial charge in [0.1, 0.15) is 17.5 Å². The van der Waals surface area contributed by atoms with E-state index in [9.17, 15) is 24.0 Å². The minimum absolute atomic E-state index is 0.0947. The minimum atomic E-state index is -1.14. The summed E-state index contributed by atoms with van der Waals surface area (Å²) in [5.41, 5.74) is 0.543. The highest BCUT2D eigenvalue weighted by atomic mass is 16.5. The van der Waals surface area contributed by atoms with Crippen LogP contribution in [0.25, 0.3) is 0 Å². The number of imide groups is 1. The van der Waals surface area contributed by atoms with Gasteiger partial charge in [-0.05, 0) is 61.7 Å². The van der Waals surface area contributed by atoms with Gasteiger partial charge in [0, 0.05) is 5.56 Å². The lowest BCUT2D eigenvalue weighted by Crippen LogP contribution is -2.45. The smallest absolute Gasteiger partial charge is 0.343 e. The van der Waals surface area contributed by atoms with Gasteiger partial charge in [-0.2, -0.15) is 0 Å². The Hall–Kier alpha value is -4.27. The van der Waals surface area contributed by atoms with Crippen LogP contribution in [-0.4, -0.2) is 54.2 Å². The van der Waals surface area contributed by atoms with E-state index in [0.29, 0.717) is 17.7 Å². The third-order valence-corrected chi connectivity index (χ3v) is 6.67. The monoisotopic (exact) mass is 505 g/mol. The number of benzene rings is 2. The summed E-state index contributed by atoms with van der Waals surface area (Å²) < 4.78 is 15.6. The van der Waals surface area contributed by atoms with Gasteiger partial charge < -0.3 is 14.2 Å². The number of likely N-dealkylation sites (tertiary alicyclic amines) is 1. The van der Waals surface area contributed by atoms with Crippen LogP contribution in [0.4, 0.5) is 0 Å². The molecule has 4 unspecified atom stereocenters. The molecule has 9 nitrogen and oxygen atoms in total. The number of hydrogen-bond donors (Lipinski definition) is 0. The molecule has 192 valence electrons. The Morgan fingerprint density at radius 2 is 1.73 bits per heavy atom. The first-order chi connectivity index (χ1) is 17.7. The van der Waals surface area contributed by atoms with Gasteiger partial charge in [0.15, 0.2) is 12.4 Å². The fraction of sp³-hybridized carbons (Fsp3) is 0.321. The zero-order valence-corrected chi connectivity index (χ0v) is 20.7. The minimum Gasteiger partial charge on any atom is -0.497 e. The molecule has 0 aromatic heterocycles. The zero-order valence-electron chi connectivity index (χ0n) is 20.7. The molecule has 1 saturated heterocycles. The molecule has 0 bridgehead atoms. The van der Waals surface area contributed by atoms with Crippen molar-refractivity contribution in [1.82, 2.24) is 4.90 Å². The fourth-order valence-corrected chi connectivity index (χ4v) is 4.62. The van der Waals surface area contributed by atoms with Gasteiger partial charge in [0.2, 0.25) is 11.8 Å². The van der Waals surface area contributed by atoms with Gasteiger partial charge >= 0.3 is 11.9 Å². The van der Waals surface area contributed by atoms with Crippen LogP contribution in [0.2, 0.25) is 0 Å². The summed E-state index contributed by atoms with van der Waals surface area (Å²) in [6.07, 6.45) is 4.25. The largest absolute Gasteiger partial charge is 0.497 e. The second kappa shape index (κ2) is 10.8. The molecule has 0 saturated carbocycles. The maximum absolute atomic E-state index is 12.9. The summed E-state index contributed by atoms with van der Waals surface area (Å²) in [6.45, 7) is 2.73. The molecule has 1 aliphatic heterocycles. The Morgan fingerprint density at radius 3 is 2.41 bits per heavy atom. The zero-order chi connectivity index (χ0) is 26.7. The van der Waals surface area contributed by atoms with Gasteiger partial charge in [0.25, 0.3) is 0 Å². The maximum Gasteiger partial charge on any atom is 0.343 e. The Labute approximate surface area is 214 Å². The van der Waals surface area contributed by atoms with Crippen LogP contribution in [0.5, 0.6) is 11.5 Å². The molecule has 4 atom stereocenters. The van der Waals surface area contributed by atoms with E-state index < -0.39 is 42.2 Å². The summed E-state index contributed by atoms with van der Waals surface area (Å²) >= 11 is 0. The molecule has 0 spiro atoms. The molecule has 1 aliphatic carbocycles.